The highest BCUT2D eigenvalue weighted by molar-refractivity contribution is 5.99. The van der Waals surface area contributed by atoms with Crippen LogP contribution in [-0.4, -0.2) is 35.1 Å². The number of nitrogens with one attached hydrogen (secondary N) is 2. The lowest BCUT2D eigenvalue weighted by molar-refractivity contribution is -0.130. The molecule has 1 saturated carbocycles. The van der Waals surface area contributed by atoms with Crippen LogP contribution in [0.3, 0.4) is 0 Å². The molecule has 1 aliphatic rings. The van der Waals surface area contributed by atoms with Gasteiger partial charge in [0.2, 0.25) is 5.91 Å². The van der Waals surface area contributed by atoms with E-state index in [1.54, 1.807) is 6.07 Å². The topological polar surface area (TPSA) is 91.6 Å². The van der Waals surface area contributed by atoms with Crippen molar-refractivity contribution in [2.45, 2.75) is 57.5 Å². The number of hydrogen-bond acceptors (Lipinski definition) is 4. The minimum atomic E-state index is -0.908. The summed E-state index contributed by atoms with van der Waals surface area (Å²) in [5.41, 5.74) is -0.500. The number of hydrogen-bond donors (Lipinski definition) is 3. The zero-order valence-electron chi connectivity index (χ0n) is 13.8. The summed E-state index contributed by atoms with van der Waals surface area (Å²) in [4.78, 5) is 25.2. The molecular formula is C17H26N2O4. The van der Waals surface area contributed by atoms with Gasteiger partial charge in [0, 0.05) is 0 Å². The SMILES string of the molecule is CC(C)[C@@H](CO)NC(=O)C1(NC(=O)c2ccoc2)CCCCC1. The fraction of sp³-hybridized carbons (Fsp3) is 0.647. The number of aliphatic hydroxyl groups is 1. The van der Waals surface area contributed by atoms with Gasteiger partial charge in [0.25, 0.3) is 5.91 Å². The van der Waals surface area contributed by atoms with Crippen molar-refractivity contribution in [3.8, 4) is 0 Å². The largest absolute Gasteiger partial charge is 0.472 e. The van der Waals surface area contributed by atoms with Gasteiger partial charge in [-0.2, -0.15) is 0 Å². The maximum atomic E-state index is 12.8. The van der Waals surface area contributed by atoms with Crippen LogP contribution in [0.15, 0.2) is 23.0 Å². The molecule has 0 aromatic carbocycles. The molecule has 0 spiro atoms. The lowest BCUT2D eigenvalue weighted by Crippen LogP contribution is -2.62. The van der Waals surface area contributed by atoms with Gasteiger partial charge in [0.05, 0.1) is 24.5 Å². The number of rotatable bonds is 6. The Morgan fingerprint density at radius 3 is 2.52 bits per heavy atom. The number of furan rings is 1. The first-order valence-electron chi connectivity index (χ1n) is 8.25. The Balaban J connectivity index is 2.14. The second-order valence-corrected chi connectivity index (χ2v) is 6.62. The summed E-state index contributed by atoms with van der Waals surface area (Å²) in [5.74, 6) is -0.392. The Hall–Kier alpha value is -1.82. The van der Waals surface area contributed by atoms with E-state index in [2.05, 4.69) is 10.6 Å². The number of carbonyl (C=O) groups excluding carboxylic acids is 2. The Morgan fingerprint density at radius 2 is 2.00 bits per heavy atom. The lowest BCUT2D eigenvalue weighted by Gasteiger charge is -2.38. The molecule has 128 valence electrons. The van der Waals surface area contributed by atoms with Gasteiger partial charge in [-0.15, -0.1) is 0 Å². The van der Waals surface area contributed by atoms with Gasteiger partial charge in [-0.05, 0) is 24.8 Å². The van der Waals surface area contributed by atoms with Crippen molar-refractivity contribution in [1.82, 2.24) is 10.6 Å². The van der Waals surface area contributed by atoms with Crippen LogP contribution >= 0.6 is 0 Å². The Labute approximate surface area is 136 Å². The average molecular weight is 322 g/mol. The van der Waals surface area contributed by atoms with Gasteiger partial charge in [0.15, 0.2) is 0 Å². The van der Waals surface area contributed by atoms with Crippen LogP contribution in [-0.2, 0) is 4.79 Å². The first-order chi connectivity index (χ1) is 11.0. The van der Waals surface area contributed by atoms with Crippen LogP contribution in [0.5, 0.6) is 0 Å². The van der Waals surface area contributed by atoms with Gasteiger partial charge in [0.1, 0.15) is 11.8 Å². The molecule has 6 nitrogen and oxygen atoms in total. The fourth-order valence-electron chi connectivity index (χ4n) is 2.98. The van der Waals surface area contributed by atoms with Crippen molar-refractivity contribution < 1.29 is 19.1 Å². The molecule has 1 heterocycles. The maximum absolute atomic E-state index is 12.8. The second-order valence-electron chi connectivity index (χ2n) is 6.62. The van der Waals surface area contributed by atoms with Gasteiger partial charge in [-0.1, -0.05) is 33.1 Å². The van der Waals surface area contributed by atoms with E-state index in [4.69, 9.17) is 4.42 Å². The summed E-state index contributed by atoms with van der Waals surface area (Å²) in [6, 6.07) is 1.26. The molecule has 0 aliphatic heterocycles. The lowest BCUT2D eigenvalue weighted by atomic mass is 9.80. The van der Waals surface area contributed by atoms with Crippen LogP contribution in [0.25, 0.3) is 0 Å². The Bertz CT molecular complexity index is 519. The molecule has 1 atom stereocenters. The molecule has 1 aromatic heterocycles. The van der Waals surface area contributed by atoms with E-state index < -0.39 is 5.54 Å². The third kappa shape index (κ3) is 4.13. The van der Waals surface area contributed by atoms with Gasteiger partial charge in [-0.3, -0.25) is 9.59 Å². The van der Waals surface area contributed by atoms with E-state index in [0.717, 1.165) is 19.3 Å². The minimum Gasteiger partial charge on any atom is -0.472 e. The molecule has 0 bridgehead atoms. The normalized spacial score (nSPS) is 18.4. The van der Waals surface area contributed by atoms with Crippen molar-refractivity contribution in [3.63, 3.8) is 0 Å². The fourth-order valence-corrected chi connectivity index (χ4v) is 2.98. The minimum absolute atomic E-state index is 0.116. The summed E-state index contributed by atoms with van der Waals surface area (Å²) in [7, 11) is 0. The quantitative estimate of drug-likeness (QED) is 0.745. The third-order valence-electron chi connectivity index (χ3n) is 4.60. The third-order valence-corrected chi connectivity index (χ3v) is 4.60. The van der Waals surface area contributed by atoms with E-state index in [0.29, 0.717) is 18.4 Å². The van der Waals surface area contributed by atoms with E-state index in [9.17, 15) is 14.7 Å². The van der Waals surface area contributed by atoms with Gasteiger partial charge in [-0.25, -0.2) is 0 Å². The maximum Gasteiger partial charge on any atom is 0.255 e. The summed E-state index contributed by atoms with van der Waals surface area (Å²) in [6.45, 7) is 3.77. The van der Waals surface area contributed by atoms with Crippen molar-refractivity contribution in [3.05, 3.63) is 24.2 Å². The molecule has 1 aliphatic carbocycles. The molecule has 3 N–H and O–H groups in total. The highest BCUT2D eigenvalue weighted by atomic mass is 16.3. The predicted octanol–water partition coefficient (Wildman–Crippen LogP) is 1.85. The van der Waals surface area contributed by atoms with Crippen molar-refractivity contribution >= 4 is 11.8 Å². The molecule has 1 aromatic rings. The first kappa shape index (κ1) is 17.5. The Kier molecular flexibility index (Phi) is 5.82. The van der Waals surface area contributed by atoms with Gasteiger partial charge < -0.3 is 20.2 Å². The highest BCUT2D eigenvalue weighted by Gasteiger charge is 2.42. The molecule has 23 heavy (non-hydrogen) atoms. The smallest absolute Gasteiger partial charge is 0.255 e. The molecule has 1 fully saturated rings. The van der Waals surface area contributed by atoms with E-state index in [-0.39, 0.29) is 30.4 Å². The predicted molar refractivity (Wildman–Crippen MR) is 85.8 cm³/mol. The molecule has 2 amide bonds. The summed E-state index contributed by atoms with van der Waals surface area (Å²) >= 11 is 0. The zero-order chi connectivity index (χ0) is 16.9. The first-order valence-corrected chi connectivity index (χ1v) is 8.25. The molecular weight excluding hydrogens is 296 g/mol. The van der Waals surface area contributed by atoms with Crippen LogP contribution < -0.4 is 10.6 Å². The van der Waals surface area contributed by atoms with Crippen LogP contribution in [0.2, 0.25) is 0 Å². The zero-order valence-corrected chi connectivity index (χ0v) is 13.8. The van der Waals surface area contributed by atoms with Crippen LogP contribution in [0.1, 0.15) is 56.3 Å². The molecule has 0 unspecified atom stereocenters. The van der Waals surface area contributed by atoms with E-state index in [1.165, 1.54) is 12.5 Å². The molecule has 2 rings (SSSR count). The highest BCUT2D eigenvalue weighted by Crippen LogP contribution is 2.29. The van der Waals surface area contributed by atoms with Crippen molar-refractivity contribution in [1.29, 1.82) is 0 Å². The number of carbonyl (C=O) groups is 2. The van der Waals surface area contributed by atoms with Crippen molar-refractivity contribution in [2.75, 3.05) is 6.61 Å². The number of amides is 2. The van der Waals surface area contributed by atoms with E-state index in [1.807, 2.05) is 13.8 Å². The summed E-state index contributed by atoms with van der Waals surface area (Å²) in [6.07, 6.45) is 6.87. The summed E-state index contributed by atoms with van der Waals surface area (Å²) in [5, 5.41) is 15.3. The molecule has 6 heteroatoms. The van der Waals surface area contributed by atoms with Crippen molar-refractivity contribution in [2.24, 2.45) is 5.92 Å². The van der Waals surface area contributed by atoms with Crippen LogP contribution in [0, 0.1) is 5.92 Å². The summed E-state index contributed by atoms with van der Waals surface area (Å²) < 4.78 is 4.94. The second kappa shape index (κ2) is 7.64. The average Bonchev–Trinajstić information content (AvgIpc) is 3.07. The molecule has 0 radical (unpaired) electrons. The van der Waals surface area contributed by atoms with Crippen LogP contribution in [0.4, 0.5) is 0 Å². The number of aliphatic hydroxyl groups excluding tert-OH is 1. The van der Waals surface area contributed by atoms with Gasteiger partial charge >= 0.3 is 0 Å². The standard InChI is InChI=1S/C17H26N2O4/c1-12(2)14(10-20)18-16(22)17(7-4-3-5-8-17)19-15(21)13-6-9-23-11-13/h6,9,11-12,14,20H,3-5,7-8,10H2,1-2H3,(H,18,22)(H,19,21)/t14-/m1/s1. The molecule has 0 saturated heterocycles. The van der Waals surface area contributed by atoms with E-state index >= 15 is 0 Å². The Morgan fingerprint density at radius 1 is 1.30 bits per heavy atom. The monoisotopic (exact) mass is 322 g/mol.